The number of hydrogen-bond acceptors (Lipinski definition) is 3. The Morgan fingerprint density at radius 3 is 2.76 bits per heavy atom. The Morgan fingerprint density at radius 2 is 2.18 bits per heavy atom. The van der Waals surface area contributed by atoms with Crippen LogP contribution in [0.3, 0.4) is 0 Å². The molecule has 0 atom stereocenters. The maximum atomic E-state index is 11.9. The van der Waals surface area contributed by atoms with E-state index in [4.69, 9.17) is 5.11 Å². The number of carbonyl (C=O) groups is 1. The SMILES string of the molecule is CCn1c(=O)c(C(=O)O)nc2cc(C)ccc21. The lowest BCUT2D eigenvalue weighted by Crippen LogP contribution is -2.28. The van der Waals surface area contributed by atoms with Gasteiger partial charge in [0.2, 0.25) is 5.69 Å². The van der Waals surface area contributed by atoms with Crippen molar-refractivity contribution in [2.24, 2.45) is 0 Å². The lowest BCUT2D eigenvalue weighted by atomic mass is 10.2. The molecule has 2 aromatic rings. The predicted octanol–water partition coefficient (Wildman–Crippen LogP) is 1.42. The monoisotopic (exact) mass is 232 g/mol. The van der Waals surface area contributed by atoms with Crippen LogP contribution >= 0.6 is 0 Å². The summed E-state index contributed by atoms with van der Waals surface area (Å²) < 4.78 is 1.42. The second-order valence-electron chi connectivity index (χ2n) is 3.81. The number of hydrogen-bond donors (Lipinski definition) is 1. The number of carboxylic acids is 1. The third-order valence-electron chi connectivity index (χ3n) is 2.62. The van der Waals surface area contributed by atoms with Crippen molar-refractivity contribution in [2.45, 2.75) is 20.4 Å². The average Bonchev–Trinajstić information content (AvgIpc) is 2.28. The fourth-order valence-corrected chi connectivity index (χ4v) is 1.81. The minimum Gasteiger partial charge on any atom is -0.476 e. The third-order valence-corrected chi connectivity index (χ3v) is 2.62. The Bertz CT molecular complexity index is 659. The molecule has 0 aliphatic rings. The second-order valence-corrected chi connectivity index (χ2v) is 3.81. The van der Waals surface area contributed by atoms with Crippen molar-refractivity contribution >= 4 is 17.0 Å². The van der Waals surface area contributed by atoms with Crippen LogP contribution in [0.4, 0.5) is 0 Å². The molecule has 1 N–H and O–H groups in total. The van der Waals surface area contributed by atoms with Gasteiger partial charge in [0.05, 0.1) is 11.0 Å². The van der Waals surface area contributed by atoms with E-state index in [2.05, 4.69) is 4.98 Å². The highest BCUT2D eigenvalue weighted by Crippen LogP contribution is 2.12. The Balaban J connectivity index is 2.94. The minimum atomic E-state index is -1.29. The van der Waals surface area contributed by atoms with Crippen molar-refractivity contribution in [3.63, 3.8) is 0 Å². The normalized spacial score (nSPS) is 10.7. The first-order valence-electron chi connectivity index (χ1n) is 5.29. The first-order chi connectivity index (χ1) is 8.04. The van der Waals surface area contributed by atoms with Crippen LogP contribution in [0.1, 0.15) is 23.0 Å². The van der Waals surface area contributed by atoms with Crippen LogP contribution in [-0.4, -0.2) is 20.6 Å². The van der Waals surface area contributed by atoms with Gasteiger partial charge in [0, 0.05) is 6.54 Å². The van der Waals surface area contributed by atoms with Crippen LogP contribution in [0.15, 0.2) is 23.0 Å². The molecule has 5 heteroatoms. The maximum Gasteiger partial charge on any atom is 0.360 e. The molecule has 0 radical (unpaired) electrons. The first-order valence-corrected chi connectivity index (χ1v) is 5.29. The summed E-state index contributed by atoms with van der Waals surface area (Å²) in [5, 5.41) is 8.94. The fourth-order valence-electron chi connectivity index (χ4n) is 1.81. The summed E-state index contributed by atoms with van der Waals surface area (Å²) in [6, 6.07) is 5.43. The van der Waals surface area contributed by atoms with E-state index in [0.29, 0.717) is 17.6 Å². The number of carboxylic acid groups (broad SMARTS) is 1. The number of rotatable bonds is 2. The molecule has 0 aliphatic heterocycles. The molecule has 1 aromatic carbocycles. The zero-order chi connectivity index (χ0) is 12.6. The smallest absolute Gasteiger partial charge is 0.360 e. The van der Waals surface area contributed by atoms with E-state index in [1.807, 2.05) is 13.0 Å². The summed E-state index contributed by atoms with van der Waals surface area (Å²) in [6.07, 6.45) is 0. The van der Waals surface area contributed by atoms with E-state index >= 15 is 0 Å². The summed E-state index contributed by atoms with van der Waals surface area (Å²) in [5.74, 6) is -1.29. The van der Waals surface area contributed by atoms with Crippen LogP contribution in [0.5, 0.6) is 0 Å². The van der Waals surface area contributed by atoms with Gasteiger partial charge >= 0.3 is 5.97 Å². The minimum absolute atomic E-state index is 0.418. The molecule has 0 saturated carbocycles. The van der Waals surface area contributed by atoms with Gasteiger partial charge in [-0.1, -0.05) is 6.07 Å². The fraction of sp³-hybridized carbons (Fsp3) is 0.250. The lowest BCUT2D eigenvalue weighted by molar-refractivity contribution is 0.0688. The van der Waals surface area contributed by atoms with Gasteiger partial charge in [0.25, 0.3) is 5.56 Å². The highest BCUT2D eigenvalue weighted by atomic mass is 16.4. The van der Waals surface area contributed by atoms with Crippen molar-refractivity contribution in [3.05, 3.63) is 39.8 Å². The number of benzene rings is 1. The first kappa shape index (κ1) is 11.3. The summed E-state index contributed by atoms with van der Waals surface area (Å²) in [5.41, 5.74) is 1.18. The van der Waals surface area contributed by atoms with Crippen molar-refractivity contribution in [2.75, 3.05) is 0 Å². The average molecular weight is 232 g/mol. The highest BCUT2D eigenvalue weighted by Gasteiger charge is 2.15. The van der Waals surface area contributed by atoms with E-state index in [-0.39, 0.29) is 0 Å². The van der Waals surface area contributed by atoms with E-state index in [0.717, 1.165) is 5.56 Å². The molecule has 0 aliphatic carbocycles. The molecule has 0 bridgehead atoms. The van der Waals surface area contributed by atoms with Gasteiger partial charge in [-0.05, 0) is 31.5 Å². The van der Waals surface area contributed by atoms with E-state index in [9.17, 15) is 9.59 Å². The maximum absolute atomic E-state index is 11.9. The Morgan fingerprint density at radius 1 is 1.47 bits per heavy atom. The summed E-state index contributed by atoms with van der Waals surface area (Å²) in [4.78, 5) is 26.7. The topological polar surface area (TPSA) is 72.2 Å². The molecule has 0 fully saturated rings. The lowest BCUT2D eigenvalue weighted by Gasteiger charge is -2.08. The van der Waals surface area contributed by atoms with Crippen LogP contribution in [0.2, 0.25) is 0 Å². The molecule has 2 rings (SSSR count). The zero-order valence-corrected chi connectivity index (χ0v) is 9.60. The molecule has 0 unspecified atom stereocenters. The number of aryl methyl sites for hydroxylation is 2. The van der Waals surface area contributed by atoms with Gasteiger partial charge < -0.3 is 9.67 Å². The summed E-state index contributed by atoms with van der Waals surface area (Å²) in [7, 11) is 0. The van der Waals surface area contributed by atoms with Gasteiger partial charge in [0.15, 0.2) is 0 Å². The van der Waals surface area contributed by atoms with Crippen LogP contribution < -0.4 is 5.56 Å². The van der Waals surface area contributed by atoms with Gasteiger partial charge in [-0.3, -0.25) is 4.79 Å². The number of fused-ring (bicyclic) bond motifs is 1. The zero-order valence-electron chi connectivity index (χ0n) is 9.60. The quantitative estimate of drug-likeness (QED) is 0.850. The van der Waals surface area contributed by atoms with Crippen LogP contribution in [0.25, 0.3) is 11.0 Å². The van der Waals surface area contributed by atoms with Crippen molar-refractivity contribution in [3.8, 4) is 0 Å². The van der Waals surface area contributed by atoms with Gasteiger partial charge in [-0.25, -0.2) is 9.78 Å². The van der Waals surface area contributed by atoms with Crippen LogP contribution in [0, 0.1) is 6.92 Å². The van der Waals surface area contributed by atoms with Gasteiger partial charge in [-0.15, -0.1) is 0 Å². The molecule has 5 nitrogen and oxygen atoms in total. The summed E-state index contributed by atoms with van der Waals surface area (Å²) in [6.45, 7) is 4.11. The Labute approximate surface area is 97.3 Å². The van der Waals surface area contributed by atoms with Gasteiger partial charge in [0.1, 0.15) is 0 Å². The molecular weight excluding hydrogens is 220 g/mol. The van der Waals surface area contributed by atoms with Crippen molar-refractivity contribution in [1.29, 1.82) is 0 Å². The molecular formula is C12H12N2O3. The van der Waals surface area contributed by atoms with E-state index < -0.39 is 17.2 Å². The third kappa shape index (κ3) is 1.80. The standard InChI is InChI=1S/C12H12N2O3/c1-3-14-9-5-4-7(2)6-8(9)13-10(11(14)15)12(16)17/h4-6H,3H2,1-2H3,(H,16,17). The van der Waals surface area contributed by atoms with E-state index in [1.165, 1.54) is 4.57 Å². The second kappa shape index (κ2) is 4.01. The van der Waals surface area contributed by atoms with Crippen molar-refractivity contribution < 1.29 is 9.90 Å². The van der Waals surface area contributed by atoms with Gasteiger partial charge in [-0.2, -0.15) is 0 Å². The molecule has 88 valence electrons. The highest BCUT2D eigenvalue weighted by molar-refractivity contribution is 5.88. The number of aromatic carboxylic acids is 1. The molecule has 1 heterocycles. The molecule has 0 saturated heterocycles. The molecule has 1 aromatic heterocycles. The number of nitrogens with zero attached hydrogens (tertiary/aromatic N) is 2. The predicted molar refractivity (Wildman–Crippen MR) is 63.4 cm³/mol. The van der Waals surface area contributed by atoms with Crippen molar-refractivity contribution in [1.82, 2.24) is 9.55 Å². The van der Waals surface area contributed by atoms with E-state index in [1.54, 1.807) is 19.1 Å². The Kier molecular flexibility index (Phi) is 2.67. The molecule has 0 amide bonds. The Hall–Kier alpha value is -2.17. The largest absolute Gasteiger partial charge is 0.476 e. The van der Waals surface area contributed by atoms with Crippen LogP contribution in [-0.2, 0) is 6.54 Å². The molecule has 0 spiro atoms. The molecule has 17 heavy (non-hydrogen) atoms. The summed E-state index contributed by atoms with van der Waals surface area (Å²) >= 11 is 0. The number of aromatic nitrogens is 2.